The lowest BCUT2D eigenvalue weighted by molar-refractivity contribution is -0.133. The molecular formula is C21H28ClN5O3. The first-order valence-electron chi connectivity index (χ1n) is 10.3. The molecule has 2 amide bonds. The van der Waals surface area contributed by atoms with Crippen LogP contribution in [0.15, 0.2) is 30.9 Å². The van der Waals surface area contributed by atoms with E-state index < -0.39 is 0 Å². The summed E-state index contributed by atoms with van der Waals surface area (Å²) in [5.41, 5.74) is 0.652. The van der Waals surface area contributed by atoms with E-state index in [1.54, 1.807) is 36.3 Å². The van der Waals surface area contributed by atoms with Gasteiger partial charge in [0.2, 0.25) is 11.8 Å². The topological polar surface area (TPSA) is 89.4 Å². The fraction of sp³-hybridized carbons (Fsp3) is 0.524. The van der Waals surface area contributed by atoms with Crippen LogP contribution in [0.3, 0.4) is 0 Å². The summed E-state index contributed by atoms with van der Waals surface area (Å²) in [5, 5.41) is 7.39. The first-order chi connectivity index (χ1) is 14.5. The molecule has 1 N–H and O–H groups in total. The number of likely N-dealkylation sites (tertiary alicyclic amines) is 1. The van der Waals surface area contributed by atoms with E-state index in [1.165, 1.54) is 6.33 Å². The van der Waals surface area contributed by atoms with Gasteiger partial charge in [-0.2, -0.15) is 5.10 Å². The van der Waals surface area contributed by atoms with Crippen molar-refractivity contribution in [3.8, 4) is 5.75 Å². The predicted octanol–water partition coefficient (Wildman–Crippen LogP) is 3.38. The number of aryl methyl sites for hydroxylation is 1. The van der Waals surface area contributed by atoms with E-state index in [-0.39, 0.29) is 11.8 Å². The van der Waals surface area contributed by atoms with Gasteiger partial charge in [0.15, 0.2) is 0 Å². The van der Waals surface area contributed by atoms with Crippen molar-refractivity contribution < 1.29 is 14.3 Å². The molecule has 0 aliphatic carbocycles. The standard InChI is InChI=1S/C21H28ClN5O3/c1-30-19-8-7-17(12-18(19)22)25-20(28)9-6-16-4-2-10-26(13-16)21(29)5-3-11-27-15-23-14-24-27/h7-8,12,14-16H,2-6,9-11,13H2,1H3,(H,25,28)/t16-/m0/s1. The summed E-state index contributed by atoms with van der Waals surface area (Å²) in [6.07, 6.45) is 7.62. The van der Waals surface area contributed by atoms with Crippen LogP contribution in [0.25, 0.3) is 0 Å². The Morgan fingerprint density at radius 3 is 2.93 bits per heavy atom. The van der Waals surface area contributed by atoms with Crippen LogP contribution in [0.5, 0.6) is 5.75 Å². The summed E-state index contributed by atoms with van der Waals surface area (Å²) in [5.74, 6) is 1.05. The normalized spacial score (nSPS) is 16.3. The van der Waals surface area contributed by atoms with E-state index in [4.69, 9.17) is 16.3 Å². The highest BCUT2D eigenvalue weighted by Gasteiger charge is 2.23. The summed E-state index contributed by atoms with van der Waals surface area (Å²) in [6.45, 7) is 2.22. The van der Waals surface area contributed by atoms with Crippen LogP contribution in [0.2, 0.25) is 5.02 Å². The molecule has 1 saturated heterocycles. The third-order valence-electron chi connectivity index (χ3n) is 5.33. The van der Waals surface area contributed by atoms with E-state index in [0.717, 1.165) is 38.8 Å². The smallest absolute Gasteiger partial charge is 0.224 e. The van der Waals surface area contributed by atoms with E-state index in [1.807, 2.05) is 4.90 Å². The van der Waals surface area contributed by atoms with Gasteiger partial charge in [-0.1, -0.05) is 11.6 Å². The Balaban J connectivity index is 1.39. The van der Waals surface area contributed by atoms with Crippen LogP contribution in [-0.2, 0) is 16.1 Å². The van der Waals surface area contributed by atoms with Gasteiger partial charge in [0, 0.05) is 38.2 Å². The maximum absolute atomic E-state index is 12.5. The molecule has 1 atom stereocenters. The Morgan fingerprint density at radius 2 is 2.20 bits per heavy atom. The number of anilines is 1. The minimum absolute atomic E-state index is 0.0486. The van der Waals surface area contributed by atoms with Crippen LogP contribution in [0.1, 0.15) is 38.5 Å². The van der Waals surface area contributed by atoms with Gasteiger partial charge >= 0.3 is 0 Å². The molecule has 3 rings (SSSR count). The molecule has 30 heavy (non-hydrogen) atoms. The number of nitrogens with one attached hydrogen (secondary N) is 1. The average molecular weight is 434 g/mol. The van der Waals surface area contributed by atoms with Crippen molar-refractivity contribution in [1.82, 2.24) is 19.7 Å². The maximum Gasteiger partial charge on any atom is 0.224 e. The molecule has 0 spiro atoms. The van der Waals surface area contributed by atoms with Crippen LogP contribution in [0.4, 0.5) is 5.69 Å². The maximum atomic E-state index is 12.5. The molecule has 8 nitrogen and oxygen atoms in total. The highest BCUT2D eigenvalue weighted by Crippen LogP contribution is 2.27. The molecule has 2 heterocycles. The summed E-state index contributed by atoms with van der Waals surface area (Å²) in [4.78, 5) is 30.7. The highest BCUT2D eigenvalue weighted by molar-refractivity contribution is 6.32. The van der Waals surface area contributed by atoms with Crippen molar-refractivity contribution >= 4 is 29.1 Å². The molecule has 9 heteroatoms. The minimum atomic E-state index is -0.0486. The SMILES string of the molecule is COc1ccc(NC(=O)CC[C@@H]2CCCN(C(=O)CCCn3cncn3)C2)cc1Cl. The molecule has 0 radical (unpaired) electrons. The Morgan fingerprint density at radius 1 is 1.33 bits per heavy atom. The van der Waals surface area contributed by atoms with Crippen LogP contribution < -0.4 is 10.1 Å². The number of benzene rings is 1. The number of halogens is 1. The van der Waals surface area contributed by atoms with E-state index in [0.29, 0.717) is 41.8 Å². The number of aromatic nitrogens is 3. The number of carbonyl (C=O) groups excluding carboxylic acids is 2. The molecule has 1 aliphatic rings. The Kier molecular flexibility index (Phi) is 8.07. The number of piperidine rings is 1. The number of hydrogen-bond donors (Lipinski definition) is 1. The van der Waals surface area contributed by atoms with Crippen LogP contribution in [0, 0.1) is 5.92 Å². The lowest BCUT2D eigenvalue weighted by Crippen LogP contribution is -2.40. The second kappa shape index (κ2) is 11.0. The van der Waals surface area contributed by atoms with Crippen molar-refractivity contribution in [2.24, 2.45) is 5.92 Å². The van der Waals surface area contributed by atoms with Gasteiger partial charge in [0.1, 0.15) is 18.4 Å². The molecular weight excluding hydrogens is 406 g/mol. The first-order valence-corrected chi connectivity index (χ1v) is 10.7. The zero-order chi connectivity index (χ0) is 21.3. The average Bonchev–Trinajstić information content (AvgIpc) is 3.26. The van der Waals surface area contributed by atoms with Gasteiger partial charge in [0.25, 0.3) is 0 Å². The van der Waals surface area contributed by atoms with Gasteiger partial charge in [-0.05, 0) is 49.8 Å². The van der Waals surface area contributed by atoms with Gasteiger partial charge in [0.05, 0.1) is 12.1 Å². The molecule has 2 aromatic rings. The Bertz CT molecular complexity index is 843. The molecule has 0 saturated carbocycles. The summed E-state index contributed by atoms with van der Waals surface area (Å²) in [6, 6.07) is 5.17. The van der Waals surface area contributed by atoms with Crippen molar-refractivity contribution in [3.63, 3.8) is 0 Å². The van der Waals surface area contributed by atoms with Gasteiger partial charge < -0.3 is 15.0 Å². The molecule has 1 aliphatic heterocycles. The van der Waals surface area contributed by atoms with Crippen molar-refractivity contribution in [2.75, 3.05) is 25.5 Å². The molecule has 1 fully saturated rings. The predicted molar refractivity (Wildman–Crippen MR) is 114 cm³/mol. The third kappa shape index (κ3) is 6.45. The fourth-order valence-electron chi connectivity index (χ4n) is 3.73. The van der Waals surface area contributed by atoms with Gasteiger partial charge in [-0.3, -0.25) is 14.3 Å². The number of methoxy groups -OCH3 is 1. The van der Waals surface area contributed by atoms with E-state index in [2.05, 4.69) is 15.4 Å². The Hall–Kier alpha value is -2.61. The summed E-state index contributed by atoms with van der Waals surface area (Å²) >= 11 is 6.10. The number of carbonyl (C=O) groups is 2. The number of ether oxygens (including phenoxy) is 1. The largest absolute Gasteiger partial charge is 0.495 e. The second-order valence-electron chi connectivity index (χ2n) is 7.55. The number of nitrogens with zero attached hydrogens (tertiary/aromatic N) is 4. The molecule has 162 valence electrons. The number of amides is 2. The van der Waals surface area contributed by atoms with E-state index in [9.17, 15) is 9.59 Å². The number of hydrogen-bond acceptors (Lipinski definition) is 5. The molecule has 0 bridgehead atoms. The van der Waals surface area contributed by atoms with Crippen LogP contribution in [-0.4, -0.2) is 51.7 Å². The van der Waals surface area contributed by atoms with Crippen LogP contribution >= 0.6 is 11.6 Å². The zero-order valence-electron chi connectivity index (χ0n) is 17.2. The fourth-order valence-corrected chi connectivity index (χ4v) is 3.99. The lowest BCUT2D eigenvalue weighted by atomic mass is 9.93. The Labute approximate surface area is 181 Å². The molecule has 1 aromatic heterocycles. The minimum Gasteiger partial charge on any atom is -0.495 e. The molecule has 0 unspecified atom stereocenters. The van der Waals surface area contributed by atoms with Crippen molar-refractivity contribution in [1.29, 1.82) is 0 Å². The summed E-state index contributed by atoms with van der Waals surface area (Å²) in [7, 11) is 1.55. The quantitative estimate of drug-likeness (QED) is 0.654. The third-order valence-corrected chi connectivity index (χ3v) is 5.63. The van der Waals surface area contributed by atoms with Crippen molar-refractivity contribution in [2.45, 2.75) is 45.1 Å². The summed E-state index contributed by atoms with van der Waals surface area (Å²) < 4.78 is 6.86. The molecule has 1 aromatic carbocycles. The zero-order valence-corrected chi connectivity index (χ0v) is 18.0. The second-order valence-corrected chi connectivity index (χ2v) is 7.95. The van der Waals surface area contributed by atoms with E-state index >= 15 is 0 Å². The van der Waals surface area contributed by atoms with Gasteiger partial charge in [-0.25, -0.2) is 4.98 Å². The van der Waals surface area contributed by atoms with Gasteiger partial charge in [-0.15, -0.1) is 0 Å². The monoisotopic (exact) mass is 433 g/mol. The first kappa shape index (κ1) is 22.1. The lowest BCUT2D eigenvalue weighted by Gasteiger charge is -2.33. The number of rotatable bonds is 9. The van der Waals surface area contributed by atoms with Crippen molar-refractivity contribution in [3.05, 3.63) is 35.9 Å². The highest BCUT2D eigenvalue weighted by atomic mass is 35.5.